The summed E-state index contributed by atoms with van der Waals surface area (Å²) >= 11 is 0. The maximum absolute atomic E-state index is 13.0. The molecule has 0 aliphatic carbocycles. The third-order valence-corrected chi connectivity index (χ3v) is 8.04. The van der Waals surface area contributed by atoms with E-state index in [4.69, 9.17) is 4.98 Å². The van der Waals surface area contributed by atoms with Crippen molar-refractivity contribution in [2.45, 2.75) is 31.1 Å². The van der Waals surface area contributed by atoms with E-state index in [-0.39, 0.29) is 17.4 Å². The normalized spacial score (nSPS) is 17.5. The zero-order chi connectivity index (χ0) is 23.4. The smallest absolute Gasteiger partial charge is 0.255 e. The number of sulfonamides is 1. The maximum Gasteiger partial charge on any atom is 0.255 e. The molecule has 1 unspecified atom stereocenters. The molecule has 8 nitrogen and oxygen atoms in total. The van der Waals surface area contributed by atoms with Gasteiger partial charge < -0.3 is 4.90 Å². The molecule has 2 aromatic heterocycles. The molecule has 33 heavy (non-hydrogen) atoms. The Labute approximate surface area is 194 Å². The van der Waals surface area contributed by atoms with Gasteiger partial charge in [0.15, 0.2) is 0 Å². The molecule has 3 aromatic rings. The monoisotopic (exact) mass is 467 g/mol. The Morgan fingerprint density at radius 3 is 2.52 bits per heavy atom. The first-order valence-corrected chi connectivity index (χ1v) is 12.7. The number of rotatable bonds is 6. The molecule has 1 aromatic carbocycles. The molecule has 0 bridgehead atoms. The molecule has 174 valence electrons. The number of hydrogen-bond acceptors (Lipinski definition) is 6. The lowest BCUT2D eigenvalue weighted by Gasteiger charge is -2.29. The summed E-state index contributed by atoms with van der Waals surface area (Å²) in [4.78, 5) is 23.4. The Hall–Kier alpha value is -3.04. The highest BCUT2D eigenvalue weighted by Crippen LogP contribution is 2.24. The van der Waals surface area contributed by atoms with Gasteiger partial charge in [-0.15, -0.1) is 0 Å². The first-order chi connectivity index (χ1) is 15.8. The Morgan fingerprint density at radius 2 is 1.79 bits per heavy atom. The van der Waals surface area contributed by atoms with Crippen molar-refractivity contribution in [1.82, 2.24) is 18.8 Å². The predicted molar refractivity (Wildman–Crippen MR) is 129 cm³/mol. The molecule has 0 amide bonds. The van der Waals surface area contributed by atoms with Crippen LogP contribution in [0, 0.1) is 0 Å². The van der Waals surface area contributed by atoms with Crippen molar-refractivity contribution in [1.29, 1.82) is 0 Å². The summed E-state index contributed by atoms with van der Waals surface area (Å²) in [5, 5.41) is 0. The van der Waals surface area contributed by atoms with Crippen molar-refractivity contribution < 1.29 is 8.42 Å². The van der Waals surface area contributed by atoms with E-state index >= 15 is 0 Å². The summed E-state index contributed by atoms with van der Waals surface area (Å²) in [6, 6.07) is 14.5. The molecule has 0 saturated carbocycles. The van der Waals surface area contributed by atoms with Crippen LogP contribution in [-0.4, -0.2) is 53.4 Å². The molecule has 0 spiro atoms. The van der Waals surface area contributed by atoms with Gasteiger partial charge in [0.05, 0.1) is 11.4 Å². The Balaban J connectivity index is 1.52. The minimum absolute atomic E-state index is 0.0123. The van der Waals surface area contributed by atoms with E-state index < -0.39 is 10.0 Å². The molecule has 1 aliphatic heterocycles. The van der Waals surface area contributed by atoms with Gasteiger partial charge in [0.1, 0.15) is 0 Å². The fourth-order valence-electron chi connectivity index (χ4n) is 4.27. The van der Waals surface area contributed by atoms with Crippen LogP contribution in [0.4, 0.5) is 5.95 Å². The van der Waals surface area contributed by atoms with Crippen molar-refractivity contribution >= 4 is 16.0 Å². The van der Waals surface area contributed by atoms with Gasteiger partial charge in [0.2, 0.25) is 16.0 Å². The van der Waals surface area contributed by atoms with Crippen LogP contribution < -0.4 is 10.5 Å². The van der Waals surface area contributed by atoms with Gasteiger partial charge in [-0.05, 0) is 37.0 Å². The number of benzene rings is 1. The first kappa shape index (κ1) is 23.1. The SMILES string of the molecule is CN(c1nc(-c2ccncc2)cc(=O)n1C)C1CCCN(S(=O)(=O)Cc2ccccc2)CC1. The van der Waals surface area contributed by atoms with Crippen molar-refractivity contribution in [3.05, 3.63) is 76.8 Å². The highest BCUT2D eigenvalue weighted by Gasteiger charge is 2.29. The van der Waals surface area contributed by atoms with Crippen LogP contribution in [0.3, 0.4) is 0 Å². The second-order valence-corrected chi connectivity index (χ2v) is 10.4. The van der Waals surface area contributed by atoms with Crippen LogP contribution >= 0.6 is 0 Å². The highest BCUT2D eigenvalue weighted by atomic mass is 32.2. The average Bonchev–Trinajstić information content (AvgIpc) is 3.08. The molecule has 1 saturated heterocycles. The van der Waals surface area contributed by atoms with Crippen LogP contribution in [0.2, 0.25) is 0 Å². The molecule has 3 heterocycles. The zero-order valence-electron chi connectivity index (χ0n) is 19.0. The lowest BCUT2D eigenvalue weighted by Crippen LogP contribution is -2.38. The summed E-state index contributed by atoms with van der Waals surface area (Å²) < 4.78 is 29.2. The Kier molecular flexibility index (Phi) is 6.90. The molecule has 0 N–H and O–H groups in total. The summed E-state index contributed by atoms with van der Waals surface area (Å²) in [5.41, 5.74) is 2.08. The second kappa shape index (κ2) is 9.84. The standard InChI is InChI=1S/C24H29N5O3S/c1-27(24-26-22(17-23(30)28(24)2)20-10-13-25-14-11-20)21-9-6-15-29(16-12-21)33(31,32)18-19-7-4-3-5-8-19/h3-5,7-8,10-11,13-14,17,21H,6,9,12,15-16,18H2,1-2H3. The van der Waals surface area contributed by atoms with Gasteiger partial charge >= 0.3 is 0 Å². The maximum atomic E-state index is 13.0. The molecule has 1 fully saturated rings. The van der Waals surface area contributed by atoms with E-state index in [9.17, 15) is 13.2 Å². The molecule has 0 radical (unpaired) electrons. The number of nitrogens with zero attached hydrogens (tertiary/aromatic N) is 5. The summed E-state index contributed by atoms with van der Waals surface area (Å²) in [5.74, 6) is 0.582. The number of anilines is 1. The number of hydrogen-bond donors (Lipinski definition) is 0. The van der Waals surface area contributed by atoms with Gasteiger partial charge in [0, 0.05) is 57.3 Å². The molecule has 1 atom stereocenters. The summed E-state index contributed by atoms with van der Waals surface area (Å²) in [7, 11) is 0.248. The number of pyridine rings is 1. The van der Waals surface area contributed by atoms with E-state index in [1.165, 1.54) is 6.07 Å². The molecule has 4 rings (SSSR count). The molecule has 1 aliphatic rings. The minimum Gasteiger partial charge on any atom is -0.342 e. The second-order valence-electron chi connectivity index (χ2n) is 8.41. The lowest BCUT2D eigenvalue weighted by atomic mass is 10.1. The van der Waals surface area contributed by atoms with E-state index in [1.807, 2.05) is 54.4 Å². The molecular formula is C24H29N5O3S. The van der Waals surface area contributed by atoms with Gasteiger partial charge in [0.25, 0.3) is 5.56 Å². The third-order valence-electron chi connectivity index (χ3n) is 6.19. The first-order valence-electron chi connectivity index (χ1n) is 11.1. The Morgan fingerprint density at radius 1 is 1.06 bits per heavy atom. The van der Waals surface area contributed by atoms with Crippen LogP contribution in [-0.2, 0) is 22.8 Å². The van der Waals surface area contributed by atoms with Crippen LogP contribution in [0.1, 0.15) is 24.8 Å². The largest absolute Gasteiger partial charge is 0.342 e. The average molecular weight is 468 g/mol. The third kappa shape index (κ3) is 5.31. The molecule has 9 heteroatoms. The van der Waals surface area contributed by atoms with Gasteiger partial charge in [-0.2, -0.15) is 0 Å². The minimum atomic E-state index is -3.39. The topological polar surface area (TPSA) is 88.4 Å². The van der Waals surface area contributed by atoms with Crippen molar-refractivity contribution in [3.63, 3.8) is 0 Å². The lowest BCUT2D eigenvalue weighted by molar-refractivity contribution is 0.419. The fraction of sp³-hybridized carbons (Fsp3) is 0.375. The van der Waals surface area contributed by atoms with E-state index in [0.29, 0.717) is 31.2 Å². The van der Waals surface area contributed by atoms with Crippen molar-refractivity contribution in [2.75, 3.05) is 25.0 Å². The quantitative estimate of drug-likeness (QED) is 0.554. The fourth-order valence-corrected chi connectivity index (χ4v) is 5.86. The van der Waals surface area contributed by atoms with E-state index in [2.05, 4.69) is 4.98 Å². The zero-order valence-corrected chi connectivity index (χ0v) is 19.8. The van der Waals surface area contributed by atoms with Gasteiger partial charge in [-0.1, -0.05) is 30.3 Å². The summed E-state index contributed by atoms with van der Waals surface area (Å²) in [6.07, 6.45) is 5.59. The van der Waals surface area contributed by atoms with Crippen LogP contribution in [0.5, 0.6) is 0 Å². The van der Waals surface area contributed by atoms with Crippen LogP contribution in [0.15, 0.2) is 65.7 Å². The highest BCUT2D eigenvalue weighted by molar-refractivity contribution is 7.88. The summed E-state index contributed by atoms with van der Waals surface area (Å²) in [6.45, 7) is 0.949. The van der Waals surface area contributed by atoms with Gasteiger partial charge in [-0.3, -0.25) is 14.3 Å². The van der Waals surface area contributed by atoms with Crippen molar-refractivity contribution in [2.24, 2.45) is 7.05 Å². The predicted octanol–water partition coefficient (Wildman–Crippen LogP) is 2.66. The van der Waals surface area contributed by atoms with Crippen LogP contribution in [0.25, 0.3) is 11.3 Å². The van der Waals surface area contributed by atoms with E-state index in [1.54, 1.807) is 28.3 Å². The molecular weight excluding hydrogens is 438 g/mol. The van der Waals surface area contributed by atoms with Crippen molar-refractivity contribution in [3.8, 4) is 11.3 Å². The Bertz CT molecular complexity index is 1250. The van der Waals surface area contributed by atoms with E-state index in [0.717, 1.165) is 24.0 Å². The van der Waals surface area contributed by atoms with Gasteiger partial charge in [-0.25, -0.2) is 17.7 Å². The number of aromatic nitrogens is 3.